The van der Waals surface area contributed by atoms with E-state index in [-0.39, 0.29) is 18.4 Å². The van der Waals surface area contributed by atoms with E-state index in [1.54, 1.807) is 24.3 Å². The van der Waals surface area contributed by atoms with E-state index in [9.17, 15) is 18.4 Å². The normalized spacial score (nSPS) is 14.2. The summed E-state index contributed by atoms with van der Waals surface area (Å²) in [6.45, 7) is 6.28. The molecule has 0 saturated carbocycles. The summed E-state index contributed by atoms with van der Waals surface area (Å²) in [6, 6.07) is 10.8. The van der Waals surface area contributed by atoms with Crippen molar-refractivity contribution in [2.24, 2.45) is 0 Å². The van der Waals surface area contributed by atoms with Crippen LogP contribution in [0.15, 0.2) is 42.6 Å². The number of halogens is 2. The van der Waals surface area contributed by atoms with E-state index >= 15 is 0 Å². The highest BCUT2D eigenvalue weighted by molar-refractivity contribution is 5.88. The van der Waals surface area contributed by atoms with E-state index in [1.165, 1.54) is 15.8 Å². The average molecular weight is 528 g/mol. The van der Waals surface area contributed by atoms with E-state index in [0.717, 1.165) is 12.1 Å². The molecule has 1 atom stereocenters. The molecule has 204 valence electrons. The van der Waals surface area contributed by atoms with Crippen molar-refractivity contribution in [1.29, 1.82) is 0 Å². The summed E-state index contributed by atoms with van der Waals surface area (Å²) in [6.07, 6.45) is -1.02. The first-order valence-corrected chi connectivity index (χ1v) is 12.8. The van der Waals surface area contributed by atoms with Crippen LogP contribution in [0.25, 0.3) is 10.9 Å². The third-order valence-corrected chi connectivity index (χ3v) is 6.83. The van der Waals surface area contributed by atoms with Gasteiger partial charge in [-0.2, -0.15) is 5.10 Å². The van der Waals surface area contributed by atoms with Crippen molar-refractivity contribution in [2.45, 2.75) is 45.9 Å². The molecule has 1 aliphatic heterocycles. The molecule has 0 aliphatic carbocycles. The van der Waals surface area contributed by atoms with Gasteiger partial charge in [0.2, 0.25) is 5.91 Å². The van der Waals surface area contributed by atoms with Gasteiger partial charge in [0.1, 0.15) is 12.6 Å². The highest BCUT2D eigenvalue weighted by atomic mass is 19.3. The Hall–Kier alpha value is -3.41. The lowest BCUT2D eigenvalue weighted by Crippen LogP contribution is -2.47. The lowest BCUT2D eigenvalue weighted by atomic mass is 9.98. The van der Waals surface area contributed by atoms with Crippen LogP contribution < -0.4 is 16.0 Å². The molecule has 1 aromatic heterocycles. The summed E-state index contributed by atoms with van der Waals surface area (Å²) >= 11 is 0. The number of nitrogens with zero attached hydrogens (tertiary/aromatic N) is 4. The Kier molecular flexibility index (Phi) is 9.03. The van der Waals surface area contributed by atoms with Crippen LogP contribution in [0.1, 0.15) is 35.2 Å². The number of nitrogens with one attached hydrogen (secondary N) is 3. The lowest BCUT2D eigenvalue weighted by molar-refractivity contribution is -0.145. The minimum absolute atomic E-state index is 0.0809. The maximum absolute atomic E-state index is 13.3. The fourth-order valence-corrected chi connectivity index (χ4v) is 4.73. The number of fused-ring (bicyclic) bond motifs is 2. The van der Waals surface area contributed by atoms with Gasteiger partial charge in [-0.15, -0.1) is 0 Å². The minimum atomic E-state index is -2.56. The monoisotopic (exact) mass is 527 g/mol. The zero-order valence-corrected chi connectivity index (χ0v) is 22.0. The van der Waals surface area contributed by atoms with Gasteiger partial charge in [0.15, 0.2) is 0 Å². The third kappa shape index (κ3) is 6.35. The van der Waals surface area contributed by atoms with Gasteiger partial charge in [-0.3, -0.25) is 24.6 Å². The Labute approximate surface area is 221 Å². The van der Waals surface area contributed by atoms with Gasteiger partial charge in [-0.25, -0.2) is 13.8 Å². The van der Waals surface area contributed by atoms with E-state index < -0.39 is 19.0 Å². The van der Waals surface area contributed by atoms with Crippen molar-refractivity contribution < 1.29 is 18.4 Å². The molecule has 3 aromatic rings. The van der Waals surface area contributed by atoms with Gasteiger partial charge in [0, 0.05) is 38.6 Å². The highest BCUT2D eigenvalue weighted by Crippen LogP contribution is 2.26. The molecular weight excluding hydrogens is 492 g/mol. The zero-order valence-electron chi connectivity index (χ0n) is 22.0. The van der Waals surface area contributed by atoms with Crippen molar-refractivity contribution in [1.82, 2.24) is 35.7 Å². The fourth-order valence-electron chi connectivity index (χ4n) is 4.73. The number of hydrogen-bond donors (Lipinski definition) is 3. The second-order valence-corrected chi connectivity index (χ2v) is 9.45. The summed E-state index contributed by atoms with van der Waals surface area (Å²) in [7, 11) is 1.72. The van der Waals surface area contributed by atoms with Crippen molar-refractivity contribution in [3.05, 3.63) is 64.8 Å². The van der Waals surface area contributed by atoms with Gasteiger partial charge < -0.3 is 10.6 Å². The second kappa shape index (κ2) is 12.4. The maximum atomic E-state index is 13.3. The highest BCUT2D eigenvalue weighted by Gasteiger charge is 2.28. The Morgan fingerprint density at radius 1 is 1.13 bits per heavy atom. The van der Waals surface area contributed by atoms with Crippen LogP contribution in [-0.4, -0.2) is 71.3 Å². The van der Waals surface area contributed by atoms with Crippen molar-refractivity contribution in [3.63, 3.8) is 0 Å². The summed E-state index contributed by atoms with van der Waals surface area (Å²) in [5.41, 5.74) is 4.28. The first kappa shape index (κ1) is 27.6. The molecular formula is C27H35F2N7O2. The molecule has 1 unspecified atom stereocenters. The molecule has 38 heavy (non-hydrogen) atoms. The number of hydrogen-bond acceptors (Lipinski definition) is 6. The summed E-state index contributed by atoms with van der Waals surface area (Å²) in [5, 5.41) is 17.5. The van der Waals surface area contributed by atoms with Crippen LogP contribution in [0, 0.1) is 6.92 Å². The summed E-state index contributed by atoms with van der Waals surface area (Å²) in [4.78, 5) is 26.5. The predicted octanol–water partition coefficient (Wildman–Crippen LogP) is 2.36. The van der Waals surface area contributed by atoms with Gasteiger partial charge in [-0.05, 0) is 47.9 Å². The zero-order chi connectivity index (χ0) is 27.2. The standard InChI is InChI=1S/C27H35F2N7O2/c1-4-30-9-10-31-27(38)26(22-12-23-21(11-18(22)2)13-33-36(23)17-24(28)29)32-14-25(37)34(3)35-15-19-7-5-6-8-20(19)16-35/h5-8,11-13,24,26,30,32H,4,9-10,14-17H2,1-3H3,(H,31,38). The summed E-state index contributed by atoms with van der Waals surface area (Å²) in [5.74, 6) is -0.487. The molecule has 0 radical (unpaired) electrons. The Morgan fingerprint density at radius 3 is 2.50 bits per heavy atom. The Bertz CT molecular complexity index is 1250. The molecule has 9 nitrogen and oxygen atoms in total. The van der Waals surface area contributed by atoms with Crippen LogP contribution in [0.4, 0.5) is 8.78 Å². The molecule has 4 rings (SSSR count). The van der Waals surface area contributed by atoms with Crippen LogP contribution in [0.2, 0.25) is 0 Å². The largest absolute Gasteiger partial charge is 0.353 e. The lowest BCUT2D eigenvalue weighted by Gasteiger charge is -2.29. The molecule has 0 fully saturated rings. The first-order valence-electron chi connectivity index (χ1n) is 12.8. The van der Waals surface area contributed by atoms with Gasteiger partial charge in [-0.1, -0.05) is 31.2 Å². The van der Waals surface area contributed by atoms with Gasteiger partial charge in [0.05, 0.1) is 18.3 Å². The molecule has 2 amide bonds. The van der Waals surface area contributed by atoms with E-state index in [1.807, 2.05) is 37.1 Å². The number of aryl methyl sites for hydroxylation is 1. The molecule has 2 heterocycles. The number of amides is 2. The summed E-state index contributed by atoms with van der Waals surface area (Å²) < 4.78 is 27.5. The van der Waals surface area contributed by atoms with E-state index in [2.05, 4.69) is 33.2 Å². The first-order chi connectivity index (χ1) is 18.3. The molecule has 0 saturated heterocycles. The number of carbonyl (C=O) groups excluding carboxylic acids is 2. The number of alkyl halides is 2. The molecule has 3 N–H and O–H groups in total. The number of aromatic nitrogens is 2. The number of benzene rings is 2. The molecule has 11 heteroatoms. The van der Waals surface area contributed by atoms with E-state index in [0.29, 0.717) is 42.6 Å². The molecule has 1 aliphatic rings. The Balaban J connectivity index is 1.52. The Morgan fingerprint density at radius 2 is 1.84 bits per heavy atom. The third-order valence-electron chi connectivity index (χ3n) is 6.83. The van der Waals surface area contributed by atoms with Crippen LogP contribution in [-0.2, 0) is 29.2 Å². The van der Waals surface area contributed by atoms with Gasteiger partial charge >= 0.3 is 0 Å². The van der Waals surface area contributed by atoms with Crippen LogP contribution >= 0.6 is 0 Å². The van der Waals surface area contributed by atoms with Crippen molar-refractivity contribution in [2.75, 3.05) is 33.2 Å². The van der Waals surface area contributed by atoms with Crippen LogP contribution in [0.3, 0.4) is 0 Å². The smallest absolute Gasteiger partial charge is 0.257 e. The molecule has 0 spiro atoms. The van der Waals surface area contributed by atoms with Crippen molar-refractivity contribution >= 4 is 22.7 Å². The fraction of sp³-hybridized carbons (Fsp3) is 0.444. The number of likely N-dealkylation sites (N-methyl/N-ethyl adjacent to an activating group) is 2. The number of hydrazine groups is 1. The minimum Gasteiger partial charge on any atom is -0.353 e. The topological polar surface area (TPSA) is 94.5 Å². The van der Waals surface area contributed by atoms with Gasteiger partial charge in [0.25, 0.3) is 12.3 Å². The predicted molar refractivity (Wildman–Crippen MR) is 141 cm³/mol. The molecule has 2 aromatic carbocycles. The number of rotatable bonds is 12. The van der Waals surface area contributed by atoms with Crippen molar-refractivity contribution in [3.8, 4) is 0 Å². The second-order valence-electron chi connectivity index (χ2n) is 9.45. The maximum Gasteiger partial charge on any atom is 0.257 e. The average Bonchev–Trinajstić information content (AvgIpc) is 3.49. The SMILES string of the molecule is CCNCCNC(=O)C(NCC(=O)N(C)N1Cc2ccccc2C1)c1cc2c(cnn2CC(F)F)cc1C. The van der Waals surface area contributed by atoms with Crippen LogP contribution in [0.5, 0.6) is 0 Å². The van der Waals surface area contributed by atoms with E-state index in [4.69, 9.17) is 0 Å². The quantitative estimate of drug-likeness (QED) is 0.313. The molecule has 0 bridgehead atoms. The number of carbonyl (C=O) groups is 2.